The molecule has 0 spiro atoms. The molecule has 0 bridgehead atoms. The fourth-order valence-corrected chi connectivity index (χ4v) is 4.88. The van der Waals surface area contributed by atoms with E-state index in [9.17, 15) is 0 Å². The molecule has 0 heterocycles. The molecule has 6 N–H and O–H groups in total. The first-order chi connectivity index (χ1) is 19.5. The van der Waals surface area contributed by atoms with E-state index in [2.05, 4.69) is 77.7 Å². The Hall–Kier alpha value is -5.48. The minimum absolute atomic E-state index is 0.761. The van der Waals surface area contributed by atoms with E-state index in [1.165, 1.54) is 0 Å². The van der Waals surface area contributed by atoms with Crippen LogP contribution in [0.2, 0.25) is 0 Å². The molecule has 0 aromatic heterocycles. The first kappa shape index (κ1) is 24.8. The molecule has 40 heavy (non-hydrogen) atoms. The average molecular weight is 519 g/mol. The maximum atomic E-state index is 5.89. The molecule has 0 radical (unpaired) electrons. The van der Waals surface area contributed by atoms with Crippen molar-refractivity contribution in [3.8, 4) is 33.4 Å². The summed E-state index contributed by atoms with van der Waals surface area (Å²) in [6.45, 7) is 0. The third kappa shape index (κ3) is 5.24. The third-order valence-corrected chi connectivity index (χ3v) is 7.11. The number of hydrogen-bond acceptors (Lipinski definition) is 4. The van der Waals surface area contributed by atoms with Crippen LogP contribution in [0.1, 0.15) is 0 Å². The first-order valence-electron chi connectivity index (χ1n) is 13.2. The minimum Gasteiger partial charge on any atom is -0.399 e. The third-order valence-electron chi connectivity index (χ3n) is 7.11. The SMILES string of the molecule is Nc1ccc(-c2ccc(N(c3ccc(-c4ccc(N)cc4)cc3)c3ccc(-c4ccc(N)cc4)cc3)cc2)cc1. The molecule has 0 saturated carbocycles. The second-order valence-electron chi connectivity index (χ2n) is 9.84. The van der Waals surface area contributed by atoms with Crippen LogP contribution in [0.15, 0.2) is 146 Å². The molecule has 0 saturated heterocycles. The average Bonchev–Trinajstić information content (AvgIpc) is 3.00. The van der Waals surface area contributed by atoms with Gasteiger partial charge in [0.15, 0.2) is 0 Å². The van der Waals surface area contributed by atoms with Gasteiger partial charge in [-0.2, -0.15) is 0 Å². The van der Waals surface area contributed by atoms with Crippen molar-refractivity contribution in [2.75, 3.05) is 22.1 Å². The summed E-state index contributed by atoms with van der Waals surface area (Å²) in [6.07, 6.45) is 0. The number of nitrogens with two attached hydrogens (primary N) is 3. The van der Waals surface area contributed by atoms with E-state index in [1.807, 2.05) is 72.8 Å². The van der Waals surface area contributed by atoms with Gasteiger partial charge in [-0.1, -0.05) is 72.8 Å². The smallest absolute Gasteiger partial charge is 0.0462 e. The van der Waals surface area contributed by atoms with Crippen molar-refractivity contribution in [1.82, 2.24) is 0 Å². The van der Waals surface area contributed by atoms with Gasteiger partial charge in [-0.15, -0.1) is 0 Å². The van der Waals surface area contributed by atoms with Crippen molar-refractivity contribution in [3.63, 3.8) is 0 Å². The molecule has 6 aromatic rings. The lowest BCUT2D eigenvalue weighted by molar-refractivity contribution is 1.28. The van der Waals surface area contributed by atoms with E-state index in [4.69, 9.17) is 17.2 Å². The van der Waals surface area contributed by atoms with E-state index in [1.54, 1.807) is 0 Å². The number of nitrogen functional groups attached to an aromatic ring is 3. The molecule has 0 aliphatic carbocycles. The Labute approximate surface area is 234 Å². The highest BCUT2D eigenvalue weighted by Crippen LogP contribution is 2.37. The summed E-state index contributed by atoms with van der Waals surface area (Å²) in [6, 6.07) is 49.8. The summed E-state index contributed by atoms with van der Waals surface area (Å²) >= 11 is 0. The van der Waals surface area contributed by atoms with Crippen molar-refractivity contribution in [2.24, 2.45) is 0 Å². The Balaban J connectivity index is 1.37. The lowest BCUT2D eigenvalue weighted by Crippen LogP contribution is -2.09. The van der Waals surface area contributed by atoms with Gasteiger partial charge in [-0.05, 0) is 106 Å². The highest BCUT2D eigenvalue weighted by molar-refractivity contribution is 5.81. The summed E-state index contributed by atoms with van der Waals surface area (Å²) in [5, 5.41) is 0. The molecule has 0 fully saturated rings. The van der Waals surface area contributed by atoms with Crippen LogP contribution in [0.4, 0.5) is 34.1 Å². The Bertz CT molecular complexity index is 1490. The predicted octanol–water partition coefficient (Wildman–Crippen LogP) is 8.90. The second-order valence-corrected chi connectivity index (χ2v) is 9.84. The van der Waals surface area contributed by atoms with E-state index in [0.29, 0.717) is 0 Å². The summed E-state index contributed by atoms with van der Waals surface area (Å²) in [5.74, 6) is 0. The standard InChI is InChI=1S/C36H30N4/c37-31-13-1-25(2-14-31)28-7-19-34(20-8-28)40(35-21-9-29(10-22-35)26-3-15-32(38)16-4-26)36-23-11-30(12-24-36)27-5-17-33(39)18-6-27/h1-24H,37-39H2. The Morgan fingerprint density at radius 1 is 0.250 bits per heavy atom. The van der Waals surface area contributed by atoms with Gasteiger partial charge in [-0.3, -0.25) is 0 Å². The highest BCUT2D eigenvalue weighted by atomic mass is 15.1. The zero-order chi connectivity index (χ0) is 27.5. The molecular formula is C36H30N4. The lowest BCUT2D eigenvalue weighted by atomic mass is 10.0. The molecular weight excluding hydrogens is 488 g/mol. The van der Waals surface area contributed by atoms with Crippen LogP contribution >= 0.6 is 0 Å². The van der Waals surface area contributed by atoms with E-state index < -0.39 is 0 Å². The number of rotatable bonds is 6. The van der Waals surface area contributed by atoms with Gasteiger partial charge >= 0.3 is 0 Å². The van der Waals surface area contributed by atoms with Crippen molar-refractivity contribution >= 4 is 34.1 Å². The van der Waals surface area contributed by atoms with Crippen molar-refractivity contribution in [2.45, 2.75) is 0 Å². The van der Waals surface area contributed by atoms with Crippen LogP contribution in [-0.4, -0.2) is 0 Å². The monoisotopic (exact) mass is 518 g/mol. The maximum absolute atomic E-state index is 5.89. The number of benzene rings is 6. The van der Waals surface area contributed by atoms with E-state index >= 15 is 0 Å². The fraction of sp³-hybridized carbons (Fsp3) is 0. The van der Waals surface area contributed by atoms with Gasteiger partial charge in [0.05, 0.1) is 0 Å². The van der Waals surface area contributed by atoms with Crippen LogP contribution in [0, 0.1) is 0 Å². The van der Waals surface area contributed by atoms with E-state index in [-0.39, 0.29) is 0 Å². The zero-order valence-corrected chi connectivity index (χ0v) is 22.0. The molecule has 0 aliphatic heterocycles. The zero-order valence-electron chi connectivity index (χ0n) is 22.0. The van der Waals surface area contributed by atoms with Crippen molar-refractivity contribution in [1.29, 1.82) is 0 Å². The van der Waals surface area contributed by atoms with E-state index in [0.717, 1.165) is 67.5 Å². The summed E-state index contributed by atoms with van der Waals surface area (Å²) in [7, 11) is 0. The molecule has 0 amide bonds. The van der Waals surface area contributed by atoms with Crippen LogP contribution in [0.25, 0.3) is 33.4 Å². The molecule has 0 unspecified atom stereocenters. The molecule has 4 nitrogen and oxygen atoms in total. The molecule has 6 aromatic carbocycles. The number of anilines is 6. The van der Waals surface area contributed by atoms with Crippen molar-refractivity contribution < 1.29 is 0 Å². The Kier molecular flexibility index (Phi) is 6.65. The van der Waals surface area contributed by atoms with Crippen LogP contribution < -0.4 is 22.1 Å². The highest BCUT2D eigenvalue weighted by Gasteiger charge is 2.14. The quantitative estimate of drug-likeness (QED) is 0.192. The number of hydrogen-bond donors (Lipinski definition) is 3. The molecule has 194 valence electrons. The van der Waals surface area contributed by atoms with Gasteiger partial charge in [0.25, 0.3) is 0 Å². The van der Waals surface area contributed by atoms with Crippen LogP contribution in [0.3, 0.4) is 0 Å². The molecule has 0 aliphatic rings. The normalized spacial score (nSPS) is 10.8. The fourth-order valence-electron chi connectivity index (χ4n) is 4.88. The topological polar surface area (TPSA) is 81.3 Å². The number of nitrogens with zero attached hydrogens (tertiary/aromatic N) is 1. The first-order valence-corrected chi connectivity index (χ1v) is 13.2. The second kappa shape index (κ2) is 10.7. The summed E-state index contributed by atoms with van der Waals surface area (Å²) in [4.78, 5) is 2.27. The molecule has 6 rings (SSSR count). The molecule has 4 heteroatoms. The summed E-state index contributed by atoms with van der Waals surface area (Å²) in [5.41, 5.74) is 30.0. The molecule has 0 atom stereocenters. The van der Waals surface area contributed by atoms with Gasteiger partial charge < -0.3 is 22.1 Å². The van der Waals surface area contributed by atoms with Gasteiger partial charge in [-0.25, -0.2) is 0 Å². The van der Waals surface area contributed by atoms with Crippen LogP contribution in [0.5, 0.6) is 0 Å². The van der Waals surface area contributed by atoms with Gasteiger partial charge in [0.1, 0.15) is 0 Å². The lowest BCUT2D eigenvalue weighted by Gasteiger charge is -2.26. The van der Waals surface area contributed by atoms with Gasteiger partial charge in [0, 0.05) is 34.1 Å². The minimum atomic E-state index is 0.761. The predicted molar refractivity (Wildman–Crippen MR) is 171 cm³/mol. The largest absolute Gasteiger partial charge is 0.399 e. The van der Waals surface area contributed by atoms with Crippen LogP contribution in [-0.2, 0) is 0 Å². The van der Waals surface area contributed by atoms with Crippen molar-refractivity contribution in [3.05, 3.63) is 146 Å². The Morgan fingerprint density at radius 2 is 0.425 bits per heavy atom. The maximum Gasteiger partial charge on any atom is 0.0462 e. The Morgan fingerprint density at radius 3 is 0.625 bits per heavy atom. The van der Waals surface area contributed by atoms with Gasteiger partial charge in [0.2, 0.25) is 0 Å². The summed E-state index contributed by atoms with van der Waals surface area (Å²) < 4.78 is 0.